The molecule has 0 spiro atoms. The molecule has 1 aromatic carbocycles. The van der Waals surface area contributed by atoms with E-state index in [0.29, 0.717) is 31.0 Å². The van der Waals surface area contributed by atoms with Crippen molar-refractivity contribution >= 4 is 35.3 Å². The van der Waals surface area contributed by atoms with Gasteiger partial charge in [0.2, 0.25) is 18.1 Å². The fourth-order valence-electron chi connectivity index (χ4n) is 4.40. The molecular formula is C25H34ClN3O6. The second-order valence-electron chi connectivity index (χ2n) is 10.0. The lowest BCUT2D eigenvalue weighted by molar-refractivity contribution is -0.164. The molecule has 0 bridgehead atoms. The van der Waals surface area contributed by atoms with Crippen molar-refractivity contribution in [3.63, 3.8) is 0 Å². The maximum Gasteiger partial charge on any atom is 0.310 e. The molecule has 4 atom stereocenters. The van der Waals surface area contributed by atoms with E-state index in [1.54, 1.807) is 32.0 Å². The predicted octanol–water partition coefficient (Wildman–Crippen LogP) is 2.58. The van der Waals surface area contributed by atoms with Gasteiger partial charge in [0.15, 0.2) is 0 Å². The lowest BCUT2D eigenvalue weighted by atomic mass is 9.85. The number of carbonyl (C=O) groups is 4. The van der Waals surface area contributed by atoms with Crippen LogP contribution < -0.4 is 10.6 Å². The minimum Gasteiger partial charge on any atom is -0.433 e. The van der Waals surface area contributed by atoms with Crippen LogP contribution in [0.25, 0.3) is 0 Å². The van der Waals surface area contributed by atoms with E-state index in [1.807, 2.05) is 20.8 Å². The molecule has 9 nitrogen and oxygen atoms in total. The van der Waals surface area contributed by atoms with Gasteiger partial charge in [-0.3, -0.25) is 19.2 Å². The van der Waals surface area contributed by atoms with Gasteiger partial charge in [0, 0.05) is 13.2 Å². The summed E-state index contributed by atoms with van der Waals surface area (Å²) in [5, 5.41) is 6.00. The first-order chi connectivity index (χ1) is 16.4. The number of nitrogens with one attached hydrogen (secondary N) is 2. The van der Waals surface area contributed by atoms with E-state index in [9.17, 15) is 19.2 Å². The van der Waals surface area contributed by atoms with Crippen LogP contribution in [0.15, 0.2) is 18.2 Å². The van der Waals surface area contributed by atoms with Crippen LogP contribution in [0, 0.1) is 12.3 Å². The number of halogens is 1. The number of rotatable bonds is 7. The zero-order valence-electron chi connectivity index (χ0n) is 20.9. The van der Waals surface area contributed by atoms with Crippen LogP contribution in [0.3, 0.4) is 0 Å². The fourth-order valence-corrected chi connectivity index (χ4v) is 4.61. The summed E-state index contributed by atoms with van der Waals surface area (Å²) >= 11 is 6.33. The second kappa shape index (κ2) is 11.0. The van der Waals surface area contributed by atoms with Gasteiger partial charge in [-0.05, 0) is 43.7 Å². The molecule has 0 saturated carbocycles. The van der Waals surface area contributed by atoms with Crippen LogP contribution in [0.5, 0.6) is 0 Å². The van der Waals surface area contributed by atoms with Crippen LogP contribution >= 0.6 is 11.6 Å². The third-order valence-corrected chi connectivity index (χ3v) is 6.79. The number of esters is 1. The first kappa shape index (κ1) is 26.9. The van der Waals surface area contributed by atoms with E-state index >= 15 is 0 Å². The number of benzene rings is 1. The maximum atomic E-state index is 13.7. The second-order valence-corrected chi connectivity index (χ2v) is 10.4. The van der Waals surface area contributed by atoms with Gasteiger partial charge in [-0.25, -0.2) is 0 Å². The molecule has 2 saturated heterocycles. The maximum absolute atomic E-state index is 13.7. The van der Waals surface area contributed by atoms with Crippen LogP contribution in [0.2, 0.25) is 5.02 Å². The summed E-state index contributed by atoms with van der Waals surface area (Å²) in [5.74, 6) is -1.61. The SMILES string of the molecule is CCO[C@@H]1OC(=O)C[C@@H]1NC(=O)[C@@H]1CCCN1C(=O)[C@@H](NC(=O)c1cccc(C)c1Cl)C(C)(C)C. The van der Waals surface area contributed by atoms with Gasteiger partial charge < -0.3 is 25.0 Å². The first-order valence-electron chi connectivity index (χ1n) is 11.9. The van der Waals surface area contributed by atoms with Gasteiger partial charge in [-0.15, -0.1) is 0 Å². The van der Waals surface area contributed by atoms with E-state index in [1.165, 1.54) is 4.90 Å². The zero-order valence-corrected chi connectivity index (χ0v) is 21.6. The Kier molecular flexibility index (Phi) is 8.43. The molecule has 0 aliphatic carbocycles. The highest BCUT2D eigenvalue weighted by Gasteiger charge is 2.44. The van der Waals surface area contributed by atoms with Crippen LogP contribution in [0.1, 0.15) is 62.9 Å². The highest BCUT2D eigenvalue weighted by atomic mass is 35.5. The molecule has 1 aromatic rings. The summed E-state index contributed by atoms with van der Waals surface area (Å²) in [6, 6.07) is 2.93. The van der Waals surface area contributed by atoms with Crippen molar-refractivity contribution < 1.29 is 28.7 Å². The molecule has 0 unspecified atom stereocenters. The van der Waals surface area contributed by atoms with Crippen LogP contribution in [-0.4, -0.2) is 66.2 Å². The number of aryl methyl sites for hydroxylation is 1. The highest BCUT2D eigenvalue weighted by Crippen LogP contribution is 2.28. The number of amides is 3. The molecule has 3 rings (SSSR count). The lowest BCUT2D eigenvalue weighted by Crippen LogP contribution is -2.58. The van der Waals surface area contributed by atoms with Crippen molar-refractivity contribution in [2.45, 2.75) is 78.3 Å². The smallest absolute Gasteiger partial charge is 0.310 e. The number of likely N-dealkylation sites (tertiary alicyclic amines) is 1. The summed E-state index contributed by atoms with van der Waals surface area (Å²) < 4.78 is 10.5. The molecule has 0 radical (unpaired) electrons. The van der Waals surface area contributed by atoms with Crippen LogP contribution in [-0.2, 0) is 23.9 Å². The minimum atomic E-state index is -0.882. The summed E-state index contributed by atoms with van der Waals surface area (Å²) in [7, 11) is 0. The summed E-state index contributed by atoms with van der Waals surface area (Å²) in [4.78, 5) is 53.1. The molecular weight excluding hydrogens is 474 g/mol. The zero-order chi connectivity index (χ0) is 25.9. The summed E-state index contributed by atoms with van der Waals surface area (Å²) in [6.45, 7) is 9.86. The Morgan fingerprint density at radius 2 is 2.00 bits per heavy atom. The Balaban J connectivity index is 1.76. The summed E-state index contributed by atoms with van der Waals surface area (Å²) in [6.07, 6.45) is 0.289. The summed E-state index contributed by atoms with van der Waals surface area (Å²) in [5.41, 5.74) is 0.421. The number of nitrogens with zero attached hydrogens (tertiary/aromatic N) is 1. The van der Waals surface area contributed by atoms with Crippen LogP contribution in [0.4, 0.5) is 0 Å². The van der Waals surface area contributed by atoms with Gasteiger partial charge in [-0.1, -0.05) is 44.5 Å². The first-order valence-corrected chi connectivity index (χ1v) is 12.3. The third kappa shape index (κ3) is 6.13. The van der Waals surface area contributed by atoms with Crippen molar-refractivity contribution in [3.05, 3.63) is 34.3 Å². The van der Waals surface area contributed by atoms with E-state index in [0.717, 1.165) is 5.56 Å². The number of hydrogen-bond donors (Lipinski definition) is 2. The Hall–Kier alpha value is -2.65. The standard InChI is InChI=1S/C25H34ClN3O6/c1-6-34-24-16(13-18(30)35-24)27-22(32)17-11-8-12-29(17)23(33)20(25(3,4)5)28-21(31)15-10-7-9-14(2)19(15)26/h7,9-10,16-17,20,24H,6,8,11-13H2,1-5H3,(H,27,32)(H,28,31)/t16-,17-,20+,24+/m0/s1. The Morgan fingerprint density at radius 1 is 1.29 bits per heavy atom. The highest BCUT2D eigenvalue weighted by molar-refractivity contribution is 6.34. The van der Waals surface area contributed by atoms with E-state index in [4.69, 9.17) is 21.1 Å². The van der Waals surface area contributed by atoms with E-state index in [2.05, 4.69) is 10.6 Å². The van der Waals surface area contributed by atoms with Gasteiger partial charge in [-0.2, -0.15) is 0 Å². The topological polar surface area (TPSA) is 114 Å². The molecule has 0 aromatic heterocycles. The Bertz CT molecular complexity index is 992. The Morgan fingerprint density at radius 3 is 2.66 bits per heavy atom. The molecule has 35 heavy (non-hydrogen) atoms. The molecule has 2 fully saturated rings. The van der Waals surface area contributed by atoms with Crippen molar-refractivity contribution in [1.82, 2.24) is 15.5 Å². The Labute approximate surface area is 210 Å². The molecule has 3 amide bonds. The van der Waals surface area contributed by atoms with Gasteiger partial charge >= 0.3 is 5.97 Å². The largest absolute Gasteiger partial charge is 0.433 e. The van der Waals surface area contributed by atoms with Gasteiger partial charge in [0.05, 0.1) is 17.0 Å². The van der Waals surface area contributed by atoms with Crippen molar-refractivity contribution in [2.75, 3.05) is 13.2 Å². The molecule has 2 N–H and O–H groups in total. The monoisotopic (exact) mass is 507 g/mol. The minimum absolute atomic E-state index is 0.00893. The fraction of sp³-hybridized carbons (Fsp3) is 0.600. The molecule has 2 heterocycles. The average molecular weight is 508 g/mol. The predicted molar refractivity (Wildman–Crippen MR) is 130 cm³/mol. The molecule has 2 aliphatic heterocycles. The number of ether oxygens (including phenoxy) is 2. The third-order valence-electron chi connectivity index (χ3n) is 6.28. The lowest BCUT2D eigenvalue weighted by Gasteiger charge is -2.35. The van der Waals surface area contributed by atoms with E-state index < -0.39 is 41.7 Å². The van der Waals surface area contributed by atoms with Crippen molar-refractivity contribution in [3.8, 4) is 0 Å². The van der Waals surface area contributed by atoms with E-state index in [-0.39, 0.29) is 23.8 Å². The normalized spacial score (nSPS) is 23.1. The molecule has 2 aliphatic rings. The number of carbonyl (C=O) groups excluding carboxylic acids is 4. The number of hydrogen-bond acceptors (Lipinski definition) is 6. The molecule has 10 heteroatoms. The quantitative estimate of drug-likeness (QED) is 0.548. The van der Waals surface area contributed by atoms with Crippen molar-refractivity contribution in [1.29, 1.82) is 0 Å². The van der Waals surface area contributed by atoms with Gasteiger partial charge in [0.25, 0.3) is 5.91 Å². The number of cyclic esters (lactones) is 1. The van der Waals surface area contributed by atoms with Crippen molar-refractivity contribution in [2.24, 2.45) is 5.41 Å². The molecule has 192 valence electrons. The average Bonchev–Trinajstić information content (AvgIpc) is 3.39. The van der Waals surface area contributed by atoms with Gasteiger partial charge in [0.1, 0.15) is 18.1 Å².